The first-order valence-electron chi connectivity index (χ1n) is 8.25. The Hall–Kier alpha value is -3.13. The number of nitro groups is 1. The third kappa shape index (κ3) is 5.68. The second-order valence-corrected chi connectivity index (χ2v) is 5.97. The molecule has 0 spiro atoms. The van der Waals surface area contributed by atoms with Gasteiger partial charge in [0.2, 0.25) is 0 Å². The first kappa shape index (κ1) is 20.2. The highest BCUT2D eigenvalue weighted by Gasteiger charge is 2.16. The van der Waals surface area contributed by atoms with Crippen molar-refractivity contribution in [1.29, 1.82) is 0 Å². The highest BCUT2D eigenvalue weighted by atomic mass is 16.7. The molecule has 2 unspecified atom stereocenters. The van der Waals surface area contributed by atoms with Gasteiger partial charge in [-0.3, -0.25) is 10.1 Å². The number of nitrogens with zero attached hydrogens (tertiary/aromatic N) is 1. The van der Waals surface area contributed by atoms with E-state index in [1.807, 2.05) is 31.2 Å². The fraction of sp³-hybridized carbons (Fsp3) is 0.316. The maximum absolute atomic E-state index is 11.0. The Morgan fingerprint density at radius 1 is 1.15 bits per heavy atom. The Balaban J connectivity index is 2.12. The Morgan fingerprint density at radius 2 is 1.81 bits per heavy atom. The predicted octanol–water partition coefficient (Wildman–Crippen LogP) is 3.03. The van der Waals surface area contributed by atoms with Crippen LogP contribution in [0.1, 0.15) is 31.1 Å². The molecule has 0 N–H and O–H groups in total. The minimum atomic E-state index is -1.73. The molecule has 2 aromatic carbocycles. The van der Waals surface area contributed by atoms with Crippen molar-refractivity contribution in [3.8, 4) is 11.5 Å². The summed E-state index contributed by atoms with van der Waals surface area (Å²) in [7, 11) is 1.59. The van der Waals surface area contributed by atoms with Crippen molar-refractivity contribution in [2.45, 2.75) is 32.5 Å². The molecule has 0 radical (unpaired) electrons. The fourth-order valence-corrected chi connectivity index (χ4v) is 2.69. The van der Waals surface area contributed by atoms with Crippen LogP contribution in [0.2, 0.25) is 0 Å². The molecule has 8 heteroatoms. The molecular weight excluding hydrogens is 354 g/mol. The van der Waals surface area contributed by atoms with Crippen LogP contribution < -0.4 is 14.6 Å². The molecule has 8 nitrogen and oxygen atoms in total. The van der Waals surface area contributed by atoms with Gasteiger partial charge >= 0.3 is 0 Å². The largest absolute Gasteiger partial charge is 0.514 e. The SMILES string of the molecule is COc1ccc(C(C)OC(C)Cc2cc([N+](=O)[O-])ccc2OC(=O)[O-])cc1. The summed E-state index contributed by atoms with van der Waals surface area (Å²) in [6, 6.07) is 11.1. The number of nitro benzene ring substituents is 1. The van der Waals surface area contributed by atoms with Gasteiger partial charge in [0.1, 0.15) is 5.75 Å². The van der Waals surface area contributed by atoms with Gasteiger partial charge in [0.05, 0.1) is 30.0 Å². The molecule has 2 rings (SSSR count). The summed E-state index contributed by atoms with van der Waals surface area (Å²) in [4.78, 5) is 21.2. The molecule has 0 saturated carbocycles. The Morgan fingerprint density at radius 3 is 2.37 bits per heavy atom. The number of hydrogen-bond donors (Lipinski definition) is 0. The van der Waals surface area contributed by atoms with Gasteiger partial charge in [0.15, 0.2) is 0 Å². The number of rotatable bonds is 8. The first-order chi connectivity index (χ1) is 12.8. The topological polar surface area (TPSA) is 111 Å². The molecule has 0 fully saturated rings. The zero-order valence-corrected chi connectivity index (χ0v) is 15.2. The van der Waals surface area contributed by atoms with E-state index in [-0.39, 0.29) is 30.1 Å². The number of carbonyl (C=O) groups excluding carboxylic acids is 1. The molecule has 27 heavy (non-hydrogen) atoms. The Bertz CT molecular complexity index is 804. The number of hydrogen-bond acceptors (Lipinski definition) is 7. The van der Waals surface area contributed by atoms with Crippen LogP contribution in [-0.4, -0.2) is 24.3 Å². The number of carboxylic acid groups (broad SMARTS) is 1. The van der Waals surface area contributed by atoms with Crippen molar-refractivity contribution in [2.24, 2.45) is 0 Å². The molecule has 0 aliphatic heterocycles. The van der Waals surface area contributed by atoms with Gasteiger partial charge in [-0.25, -0.2) is 0 Å². The van der Waals surface area contributed by atoms with Crippen LogP contribution in [0.3, 0.4) is 0 Å². The van der Waals surface area contributed by atoms with Crippen LogP contribution in [0, 0.1) is 10.1 Å². The van der Waals surface area contributed by atoms with Crippen molar-refractivity contribution in [3.05, 3.63) is 63.7 Å². The van der Waals surface area contributed by atoms with E-state index in [2.05, 4.69) is 4.74 Å². The standard InChI is InChI=1S/C19H21NO7/c1-12(26-13(2)14-4-7-17(25-3)8-5-14)10-15-11-16(20(23)24)6-9-18(15)27-19(21)22/h4-9,11-13H,10H2,1-3H3,(H,21,22)/p-1. The van der Waals surface area contributed by atoms with Gasteiger partial charge in [0.25, 0.3) is 11.8 Å². The molecule has 0 saturated heterocycles. The fourth-order valence-electron chi connectivity index (χ4n) is 2.69. The quantitative estimate of drug-likeness (QED) is 0.302. The molecule has 0 bridgehead atoms. The summed E-state index contributed by atoms with van der Waals surface area (Å²) in [5, 5.41) is 21.7. The minimum Gasteiger partial charge on any atom is -0.514 e. The Kier molecular flexibility index (Phi) is 6.73. The average Bonchev–Trinajstić information content (AvgIpc) is 2.62. The van der Waals surface area contributed by atoms with Crippen molar-refractivity contribution in [1.82, 2.24) is 0 Å². The maximum Gasteiger partial charge on any atom is 0.269 e. The highest BCUT2D eigenvalue weighted by molar-refractivity contribution is 5.60. The van der Waals surface area contributed by atoms with Crippen LogP contribution in [0.25, 0.3) is 0 Å². The van der Waals surface area contributed by atoms with Crippen LogP contribution in [0.5, 0.6) is 11.5 Å². The summed E-state index contributed by atoms with van der Waals surface area (Å²) in [5.41, 5.74) is 1.13. The van der Waals surface area contributed by atoms with Crippen molar-refractivity contribution in [2.75, 3.05) is 7.11 Å². The van der Waals surface area contributed by atoms with Crippen LogP contribution >= 0.6 is 0 Å². The normalized spacial score (nSPS) is 12.9. The molecule has 0 aliphatic rings. The number of carbonyl (C=O) groups is 1. The molecular formula is C19H20NO7-. The van der Waals surface area contributed by atoms with E-state index in [4.69, 9.17) is 9.47 Å². The molecule has 0 heterocycles. The van der Waals surface area contributed by atoms with Crippen molar-refractivity contribution < 1.29 is 29.0 Å². The molecule has 2 atom stereocenters. The van der Waals surface area contributed by atoms with Crippen LogP contribution in [0.15, 0.2) is 42.5 Å². The smallest absolute Gasteiger partial charge is 0.269 e. The molecule has 0 aromatic heterocycles. The van der Waals surface area contributed by atoms with Gasteiger partial charge in [-0.1, -0.05) is 12.1 Å². The van der Waals surface area contributed by atoms with Crippen LogP contribution in [0.4, 0.5) is 10.5 Å². The second kappa shape index (κ2) is 9.00. The van der Waals surface area contributed by atoms with Gasteiger partial charge < -0.3 is 24.1 Å². The summed E-state index contributed by atoms with van der Waals surface area (Å²) < 4.78 is 15.7. The predicted molar refractivity (Wildman–Crippen MR) is 94.8 cm³/mol. The van der Waals surface area contributed by atoms with E-state index in [1.165, 1.54) is 18.2 Å². The first-order valence-corrected chi connectivity index (χ1v) is 8.25. The van der Waals surface area contributed by atoms with Gasteiger partial charge in [0, 0.05) is 18.6 Å². The van der Waals surface area contributed by atoms with E-state index in [0.29, 0.717) is 5.56 Å². The minimum absolute atomic E-state index is 0.00634. The highest BCUT2D eigenvalue weighted by Crippen LogP contribution is 2.28. The zero-order chi connectivity index (χ0) is 20.0. The lowest BCUT2D eigenvalue weighted by molar-refractivity contribution is -0.385. The number of non-ortho nitro benzene ring substituents is 1. The van der Waals surface area contributed by atoms with Gasteiger partial charge in [-0.15, -0.1) is 0 Å². The summed E-state index contributed by atoms with van der Waals surface area (Å²) >= 11 is 0. The van der Waals surface area contributed by atoms with Crippen LogP contribution in [-0.2, 0) is 11.2 Å². The van der Waals surface area contributed by atoms with E-state index in [0.717, 1.165) is 11.3 Å². The van der Waals surface area contributed by atoms with E-state index >= 15 is 0 Å². The average molecular weight is 374 g/mol. The van der Waals surface area contributed by atoms with E-state index in [9.17, 15) is 20.0 Å². The Labute approximate surface area is 156 Å². The second-order valence-electron chi connectivity index (χ2n) is 5.97. The number of methoxy groups -OCH3 is 1. The summed E-state index contributed by atoms with van der Waals surface area (Å²) in [6.07, 6.45) is -2.10. The van der Waals surface area contributed by atoms with Crippen molar-refractivity contribution in [3.63, 3.8) is 0 Å². The van der Waals surface area contributed by atoms with Gasteiger partial charge in [-0.2, -0.15) is 0 Å². The molecule has 144 valence electrons. The van der Waals surface area contributed by atoms with Gasteiger partial charge in [-0.05, 0) is 43.2 Å². The monoisotopic (exact) mass is 374 g/mol. The van der Waals surface area contributed by atoms with Crippen molar-refractivity contribution >= 4 is 11.8 Å². The third-order valence-electron chi connectivity index (χ3n) is 3.98. The number of benzene rings is 2. The maximum atomic E-state index is 11.0. The van der Waals surface area contributed by atoms with E-state index < -0.39 is 11.1 Å². The summed E-state index contributed by atoms with van der Waals surface area (Å²) in [6.45, 7) is 3.67. The molecule has 2 aromatic rings. The zero-order valence-electron chi connectivity index (χ0n) is 15.2. The lowest BCUT2D eigenvalue weighted by atomic mass is 10.1. The lowest BCUT2D eigenvalue weighted by Gasteiger charge is -2.21. The lowest BCUT2D eigenvalue weighted by Crippen LogP contribution is -2.27. The van der Waals surface area contributed by atoms with E-state index in [1.54, 1.807) is 14.0 Å². The molecule has 0 aliphatic carbocycles. The molecule has 0 amide bonds. The third-order valence-corrected chi connectivity index (χ3v) is 3.98. The number of ether oxygens (including phenoxy) is 3. The summed E-state index contributed by atoms with van der Waals surface area (Å²) in [5.74, 6) is 0.729.